The van der Waals surface area contributed by atoms with E-state index in [1.54, 1.807) is 12.1 Å². The SMILES string of the molecule is CC(=O)C1=NN(c2ccc(C)cc2)[C@H]2C(=O)N(c3ccc(C)cc3)C(=O)[C@H]12. The average molecular weight is 361 g/mol. The minimum Gasteiger partial charge on any atom is -0.293 e. The number of ketones is 1. The summed E-state index contributed by atoms with van der Waals surface area (Å²) in [7, 11) is 0. The molecule has 6 heteroatoms. The molecule has 27 heavy (non-hydrogen) atoms. The van der Waals surface area contributed by atoms with Gasteiger partial charge in [0, 0.05) is 6.92 Å². The number of carbonyl (C=O) groups is 3. The molecule has 0 saturated carbocycles. The summed E-state index contributed by atoms with van der Waals surface area (Å²) in [5.41, 5.74) is 3.43. The number of aryl methyl sites for hydroxylation is 2. The molecule has 0 aliphatic carbocycles. The van der Waals surface area contributed by atoms with Gasteiger partial charge in [-0.25, -0.2) is 4.90 Å². The highest BCUT2D eigenvalue weighted by molar-refractivity contribution is 6.48. The van der Waals surface area contributed by atoms with E-state index in [1.165, 1.54) is 16.8 Å². The first kappa shape index (κ1) is 17.1. The van der Waals surface area contributed by atoms with Gasteiger partial charge in [0.2, 0.25) is 5.91 Å². The van der Waals surface area contributed by atoms with Crippen molar-refractivity contribution < 1.29 is 14.4 Å². The van der Waals surface area contributed by atoms with Crippen molar-refractivity contribution in [3.63, 3.8) is 0 Å². The lowest BCUT2D eigenvalue weighted by Gasteiger charge is -2.22. The molecule has 136 valence electrons. The molecule has 2 aromatic rings. The van der Waals surface area contributed by atoms with E-state index in [0.717, 1.165) is 11.1 Å². The largest absolute Gasteiger partial charge is 0.293 e. The number of amides is 2. The second kappa shape index (κ2) is 6.16. The first-order valence-corrected chi connectivity index (χ1v) is 8.78. The number of fused-ring (bicyclic) bond motifs is 1. The Balaban J connectivity index is 1.79. The van der Waals surface area contributed by atoms with Crippen molar-refractivity contribution >= 4 is 34.7 Å². The fraction of sp³-hybridized carbons (Fsp3) is 0.238. The van der Waals surface area contributed by atoms with Crippen LogP contribution in [0.1, 0.15) is 18.1 Å². The maximum absolute atomic E-state index is 13.2. The smallest absolute Gasteiger partial charge is 0.259 e. The number of benzene rings is 2. The Labute approximate surface area is 157 Å². The van der Waals surface area contributed by atoms with Crippen LogP contribution >= 0.6 is 0 Å². The highest BCUT2D eigenvalue weighted by Gasteiger charge is 2.58. The van der Waals surface area contributed by atoms with Crippen LogP contribution in [0, 0.1) is 19.8 Å². The van der Waals surface area contributed by atoms with Crippen LogP contribution in [0.4, 0.5) is 11.4 Å². The molecule has 0 aromatic heterocycles. The molecule has 2 atom stereocenters. The molecule has 2 aliphatic heterocycles. The summed E-state index contributed by atoms with van der Waals surface area (Å²) in [6.45, 7) is 5.27. The summed E-state index contributed by atoms with van der Waals surface area (Å²) in [5, 5.41) is 5.86. The average Bonchev–Trinajstić information content (AvgIpc) is 3.15. The number of hydrazone groups is 1. The van der Waals surface area contributed by atoms with Crippen LogP contribution in [0.5, 0.6) is 0 Å². The number of anilines is 2. The highest BCUT2D eigenvalue weighted by Crippen LogP contribution is 2.37. The van der Waals surface area contributed by atoms with E-state index in [2.05, 4.69) is 5.10 Å². The van der Waals surface area contributed by atoms with Gasteiger partial charge in [-0.15, -0.1) is 0 Å². The van der Waals surface area contributed by atoms with E-state index in [1.807, 2.05) is 50.2 Å². The fourth-order valence-corrected chi connectivity index (χ4v) is 3.56. The highest BCUT2D eigenvalue weighted by atomic mass is 16.2. The van der Waals surface area contributed by atoms with Crippen molar-refractivity contribution in [1.82, 2.24) is 0 Å². The Morgan fingerprint density at radius 3 is 1.89 bits per heavy atom. The van der Waals surface area contributed by atoms with Gasteiger partial charge in [-0.1, -0.05) is 35.4 Å². The van der Waals surface area contributed by atoms with Crippen LogP contribution in [-0.2, 0) is 14.4 Å². The number of imide groups is 1. The van der Waals surface area contributed by atoms with Gasteiger partial charge in [-0.3, -0.25) is 19.4 Å². The van der Waals surface area contributed by atoms with E-state index >= 15 is 0 Å². The summed E-state index contributed by atoms with van der Waals surface area (Å²) < 4.78 is 0. The molecule has 0 unspecified atom stereocenters. The van der Waals surface area contributed by atoms with Crippen LogP contribution < -0.4 is 9.91 Å². The Morgan fingerprint density at radius 1 is 0.852 bits per heavy atom. The zero-order valence-corrected chi connectivity index (χ0v) is 15.3. The molecular weight excluding hydrogens is 342 g/mol. The Bertz CT molecular complexity index is 977. The van der Waals surface area contributed by atoms with Crippen LogP contribution in [-0.4, -0.2) is 29.4 Å². The number of rotatable bonds is 3. The van der Waals surface area contributed by atoms with Gasteiger partial charge >= 0.3 is 0 Å². The monoisotopic (exact) mass is 361 g/mol. The van der Waals surface area contributed by atoms with Crippen molar-refractivity contribution in [2.24, 2.45) is 11.0 Å². The predicted molar refractivity (Wildman–Crippen MR) is 103 cm³/mol. The fourth-order valence-electron chi connectivity index (χ4n) is 3.56. The third kappa shape index (κ3) is 2.65. The van der Waals surface area contributed by atoms with E-state index in [-0.39, 0.29) is 17.4 Å². The summed E-state index contributed by atoms with van der Waals surface area (Å²) in [6, 6.07) is 13.8. The zero-order chi connectivity index (χ0) is 19.3. The van der Waals surface area contributed by atoms with Gasteiger partial charge in [0.1, 0.15) is 17.7 Å². The number of Topliss-reactive ketones (excluding diaryl/α,β-unsaturated/α-hetero) is 1. The minimum absolute atomic E-state index is 0.133. The molecule has 1 saturated heterocycles. The molecule has 2 amide bonds. The summed E-state index contributed by atoms with van der Waals surface area (Å²) in [6.07, 6.45) is 0. The first-order chi connectivity index (χ1) is 12.9. The topological polar surface area (TPSA) is 70.1 Å². The summed E-state index contributed by atoms with van der Waals surface area (Å²) in [4.78, 5) is 39.5. The molecule has 2 aromatic carbocycles. The van der Waals surface area contributed by atoms with Crippen LogP contribution in [0.2, 0.25) is 0 Å². The van der Waals surface area contributed by atoms with Crippen molar-refractivity contribution in [3.8, 4) is 0 Å². The number of nitrogens with zero attached hydrogens (tertiary/aromatic N) is 3. The number of hydrogen-bond acceptors (Lipinski definition) is 5. The molecule has 4 rings (SSSR count). The standard InChI is InChI=1S/C21H19N3O3/c1-12-4-8-15(9-5-12)23-20(26)17-18(14(3)25)22-24(19(17)21(23)27)16-10-6-13(2)7-11-16/h4-11,17,19H,1-3H3/t17-,19-/m1/s1. The van der Waals surface area contributed by atoms with Crippen molar-refractivity contribution in [2.75, 3.05) is 9.91 Å². The summed E-state index contributed by atoms with van der Waals surface area (Å²) >= 11 is 0. The predicted octanol–water partition coefficient (Wildman–Crippen LogP) is 2.63. The molecule has 2 aliphatic rings. The summed E-state index contributed by atoms with van der Waals surface area (Å²) in [5.74, 6) is -1.95. The second-order valence-electron chi connectivity index (χ2n) is 6.99. The first-order valence-electron chi connectivity index (χ1n) is 8.78. The van der Waals surface area contributed by atoms with Gasteiger partial charge < -0.3 is 0 Å². The van der Waals surface area contributed by atoms with Gasteiger partial charge in [0.25, 0.3) is 5.91 Å². The molecule has 1 fully saturated rings. The van der Waals surface area contributed by atoms with Crippen molar-refractivity contribution in [2.45, 2.75) is 26.8 Å². The zero-order valence-electron chi connectivity index (χ0n) is 15.3. The Kier molecular flexibility index (Phi) is 3.91. The van der Waals surface area contributed by atoms with Crippen molar-refractivity contribution in [1.29, 1.82) is 0 Å². The molecule has 2 heterocycles. The van der Waals surface area contributed by atoms with E-state index in [4.69, 9.17) is 0 Å². The van der Waals surface area contributed by atoms with Crippen LogP contribution in [0.25, 0.3) is 0 Å². The maximum atomic E-state index is 13.2. The lowest BCUT2D eigenvalue weighted by atomic mass is 9.95. The maximum Gasteiger partial charge on any atom is 0.259 e. The van der Waals surface area contributed by atoms with Crippen molar-refractivity contribution in [3.05, 3.63) is 59.7 Å². The Hall–Kier alpha value is -3.28. The van der Waals surface area contributed by atoms with Gasteiger partial charge in [-0.05, 0) is 38.1 Å². The lowest BCUT2D eigenvalue weighted by molar-refractivity contribution is -0.122. The van der Waals surface area contributed by atoms with Crippen LogP contribution in [0.15, 0.2) is 53.6 Å². The van der Waals surface area contributed by atoms with Gasteiger partial charge in [0.05, 0.1) is 11.4 Å². The lowest BCUT2D eigenvalue weighted by Crippen LogP contribution is -2.39. The molecular formula is C21H19N3O3. The molecule has 0 bridgehead atoms. The quantitative estimate of drug-likeness (QED) is 0.788. The molecule has 0 radical (unpaired) electrons. The third-order valence-corrected chi connectivity index (χ3v) is 5.00. The minimum atomic E-state index is -0.877. The second-order valence-corrected chi connectivity index (χ2v) is 6.99. The normalized spacial score (nSPS) is 21.5. The molecule has 0 spiro atoms. The Morgan fingerprint density at radius 2 is 1.37 bits per heavy atom. The molecule has 0 N–H and O–H groups in total. The molecule has 6 nitrogen and oxygen atoms in total. The van der Waals surface area contributed by atoms with E-state index in [9.17, 15) is 14.4 Å². The number of hydrogen-bond donors (Lipinski definition) is 0. The van der Waals surface area contributed by atoms with Crippen LogP contribution in [0.3, 0.4) is 0 Å². The van der Waals surface area contributed by atoms with Gasteiger partial charge in [0.15, 0.2) is 5.78 Å². The third-order valence-electron chi connectivity index (χ3n) is 5.00. The van der Waals surface area contributed by atoms with E-state index < -0.39 is 17.9 Å². The van der Waals surface area contributed by atoms with Gasteiger partial charge in [-0.2, -0.15) is 5.10 Å². The number of carbonyl (C=O) groups excluding carboxylic acids is 3. The van der Waals surface area contributed by atoms with E-state index in [0.29, 0.717) is 11.4 Å².